The van der Waals surface area contributed by atoms with Crippen molar-refractivity contribution in [2.45, 2.75) is 39.2 Å². The Morgan fingerprint density at radius 3 is 2.71 bits per heavy atom. The third kappa shape index (κ3) is 1.88. The number of benzene rings is 1. The fraction of sp³-hybridized carbons (Fsp3) is 0.400. The number of hydrogen-bond acceptors (Lipinski definition) is 1. The summed E-state index contributed by atoms with van der Waals surface area (Å²) in [4.78, 5) is 4.76. The van der Waals surface area contributed by atoms with Crippen LogP contribution in [-0.2, 0) is 6.42 Å². The van der Waals surface area contributed by atoms with E-state index in [1.54, 1.807) is 0 Å². The molecule has 2 nitrogen and oxygen atoms in total. The maximum atomic E-state index is 4.76. The molecule has 1 aliphatic rings. The zero-order valence-electron chi connectivity index (χ0n) is 10.5. The second kappa shape index (κ2) is 4.02. The van der Waals surface area contributed by atoms with Gasteiger partial charge in [0.15, 0.2) is 0 Å². The first-order valence-corrected chi connectivity index (χ1v) is 6.39. The fourth-order valence-electron chi connectivity index (χ4n) is 2.56. The number of rotatable bonds is 1. The van der Waals surface area contributed by atoms with E-state index >= 15 is 0 Å². The van der Waals surface area contributed by atoms with E-state index in [2.05, 4.69) is 48.9 Å². The molecule has 1 atom stereocenters. The highest BCUT2D eigenvalue weighted by molar-refractivity contribution is 5.59. The number of hydrogen-bond donors (Lipinski definition) is 0. The molecule has 2 heterocycles. The van der Waals surface area contributed by atoms with Crippen molar-refractivity contribution >= 4 is 0 Å². The van der Waals surface area contributed by atoms with E-state index in [4.69, 9.17) is 4.98 Å². The van der Waals surface area contributed by atoms with Crippen LogP contribution < -0.4 is 0 Å². The molecule has 0 spiro atoms. The van der Waals surface area contributed by atoms with Crippen molar-refractivity contribution in [1.29, 1.82) is 0 Å². The highest BCUT2D eigenvalue weighted by atomic mass is 15.1. The van der Waals surface area contributed by atoms with E-state index in [1.165, 1.54) is 29.8 Å². The molecule has 0 N–H and O–H groups in total. The van der Waals surface area contributed by atoms with Gasteiger partial charge in [0.1, 0.15) is 5.82 Å². The van der Waals surface area contributed by atoms with E-state index in [0.717, 1.165) is 12.1 Å². The van der Waals surface area contributed by atoms with Gasteiger partial charge >= 0.3 is 0 Å². The molecule has 3 rings (SSSR count). The summed E-state index contributed by atoms with van der Waals surface area (Å²) in [6, 6.07) is 9.22. The van der Waals surface area contributed by atoms with Gasteiger partial charge in [0.05, 0.1) is 5.69 Å². The summed E-state index contributed by atoms with van der Waals surface area (Å²) >= 11 is 0. The number of nitrogens with zero attached hydrogens (tertiary/aromatic N) is 2. The highest BCUT2D eigenvalue weighted by Crippen LogP contribution is 2.28. The minimum atomic E-state index is 0.602. The zero-order chi connectivity index (χ0) is 11.8. The normalized spacial score (nSPS) is 19.1. The molecule has 1 aromatic carbocycles. The van der Waals surface area contributed by atoms with Crippen LogP contribution in [-0.4, -0.2) is 9.55 Å². The Balaban J connectivity index is 2.02. The van der Waals surface area contributed by atoms with Crippen LogP contribution in [0.5, 0.6) is 0 Å². The minimum absolute atomic E-state index is 0.602. The van der Waals surface area contributed by atoms with Crippen LogP contribution in [0, 0.1) is 6.92 Å². The zero-order valence-corrected chi connectivity index (χ0v) is 10.5. The van der Waals surface area contributed by atoms with Crippen LogP contribution in [0.2, 0.25) is 0 Å². The monoisotopic (exact) mass is 226 g/mol. The van der Waals surface area contributed by atoms with Crippen molar-refractivity contribution in [3.8, 4) is 11.3 Å². The summed E-state index contributed by atoms with van der Waals surface area (Å²) in [5, 5.41) is 0. The Kier molecular flexibility index (Phi) is 2.50. The Morgan fingerprint density at radius 1 is 1.24 bits per heavy atom. The van der Waals surface area contributed by atoms with Crippen LogP contribution in [0.15, 0.2) is 30.5 Å². The maximum Gasteiger partial charge on any atom is 0.109 e. The van der Waals surface area contributed by atoms with E-state index in [1.807, 2.05) is 0 Å². The van der Waals surface area contributed by atoms with Crippen molar-refractivity contribution < 1.29 is 0 Å². The van der Waals surface area contributed by atoms with Crippen molar-refractivity contribution in [1.82, 2.24) is 9.55 Å². The van der Waals surface area contributed by atoms with E-state index in [0.29, 0.717) is 6.04 Å². The number of aryl methyl sites for hydroxylation is 2. The first kappa shape index (κ1) is 10.6. The fourth-order valence-corrected chi connectivity index (χ4v) is 2.56. The van der Waals surface area contributed by atoms with Crippen molar-refractivity contribution in [2.24, 2.45) is 0 Å². The van der Waals surface area contributed by atoms with Gasteiger partial charge in [0.25, 0.3) is 0 Å². The minimum Gasteiger partial charge on any atom is -0.331 e. The molecule has 1 aromatic heterocycles. The Labute approximate surface area is 102 Å². The SMILES string of the molecule is Cc1ccc(-c2cn3c(n2)CCCC3C)cc1. The van der Waals surface area contributed by atoms with Gasteiger partial charge in [-0.15, -0.1) is 0 Å². The lowest BCUT2D eigenvalue weighted by molar-refractivity contribution is 0.426. The Bertz CT molecular complexity index is 522. The van der Waals surface area contributed by atoms with Crippen LogP contribution >= 0.6 is 0 Å². The molecule has 0 fully saturated rings. The average Bonchev–Trinajstić information content (AvgIpc) is 2.75. The summed E-state index contributed by atoms with van der Waals surface area (Å²) in [5.74, 6) is 1.25. The molecule has 1 aliphatic heterocycles. The summed E-state index contributed by atoms with van der Waals surface area (Å²) in [5.41, 5.74) is 3.64. The van der Waals surface area contributed by atoms with Crippen LogP contribution in [0.3, 0.4) is 0 Å². The molecule has 2 aromatic rings. The lowest BCUT2D eigenvalue weighted by atomic mass is 10.1. The van der Waals surface area contributed by atoms with Gasteiger partial charge in [-0.1, -0.05) is 29.8 Å². The molecule has 1 unspecified atom stereocenters. The predicted molar refractivity (Wildman–Crippen MR) is 70.0 cm³/mol. The van der Waals surface area contributed by atoms with Gasteiger partial charge in [0.2, 0.25) is 0 Å². The summed E-state index contributed by atoms with van der Waals surface area (Å²) in [7, 11) is 0. The van der Waals surface area contributed by atoms with Crippen molar-refractivity contribution in [3.63, 3.8) is 0 Å². The predicted octanol–water partition coefficient (Wildman–Crippen LogP) is 3.76. The second-order valence-electron chi connectivity index (χ2n) is 5.06. The summed E-state index contributed by atoms with van der Waals surface area (Å²) in [6.07, 6.45) is 5.88. The Hall–Kier alpha value is -1.57. The molecule has 0 bridgehead atoms. The molecule has 2 heteroatoms. The van der Waals surface area contributed by atoms with Crippen molar-refractivity contribution in [2.75, 3.05) is 0 Å². The largest absolute Gasteiger partial charge is 0.331 e. The molecule has 0 saturated heterocycles. The molecule has 0 aliphatic carbocycles. The van der Waals surface area contributed by atoms with Crippen LogP contribution in [0.4, 0.5) is 0 Å². The molecular formula is C15H18N2. The van der Waals surface area contributed by atoms with Gasteiger partial charge in [-0.05, 0) is 26.7 Å². The van der Waals surface area contributed by atoms with Gasteiger partial charge in [0, 0.05) is 24.2 Å². The van der Waals surface area contributed by atoms with E-state index < -0.39 is 0 Å². The summed E-state index contributed by atoms with van der Waals surface area (Å²) in [6.45, 7) is 4.40. The smallest absolute Gasteiger partial charge is 0.109 e. The van der Waals surface area contributed by atoms with Gasteiger partial charge in [-0.2, -0.15) is 0 Å². The summed E-state index contributed by atoms with van der Waals surface area (Å²) < 4.78 is 2.35. The lowest BCUT2D eigenvalue weighted by Crippen LogP contribution is -2.14. The van der Waals surface area contributed by atoms with Gasteiger partial charge in [-0.25, -0.2) is 4.98 Å². The third-order valence-electron chi connectivity index (χ3n) is 3.65. The topological polar surface area (TPSA) is 17.8 Å². The molecule has 17 heavy (non-hydrogen) atoms. The van der Waals surface area contributed by atoms with Crippen molar-refractivity contribution in [3.05, 3.63) is 41.9 Å². The number of fused-ring (bicyclic) bond motifs is 1. The molecule has 88 valence electrons. The number of aromatic nitrogens is 2. The second-order valence-corrected chi connectivity index (χ2v) is 5.06. The third-order valence-corrected chi connectivity index (χ3v) is 3.65. The van der Waals surface area contributed by atoms with E-state index in [9.17, 15) is 0 Å². The number of imidazole rings is 1. The quantitative estimate of drug-likeness (QED) is 0.724. The van der Waals surface area contributed by atoms with Crippen LogP contribution in [0.1, 0.15) is 37.2 Å². The van der Waals surface area contributed by atoms with Crippen LogP contribution in [0.25, 0.3) is 11.3 Å². The first-order chi connectivity index (χ1) is 8.24. The van der Waals surface area contributed by atoms with Gasteiger partial charge < -0.3 is 4.57 Å². The highest BCUT2D eigenvalue weighted by Gasteiger charge is 2.18. The lowest BCUT2D eigenvalue weighted by Gasteiger charge is -2.20. The molecular weight excluding hydrogens is 208 g/mol. The van der Waals surface area contributed by atoms with E-state index in [-0.39, 0.29) is 0 Å². The van der Waals surface area contributed by atoms with Gasteiger partial charge in [-0.3, -0.25) is 0 Å². The molecule has 0 radical (unpaired) electrons. The molecule has 0 saturated carbocycles. The molecule has 0 amide bonds. The maximum absolute atomic E-state index is 4.76. The standard InChI is InChI=1S/C15H18N2/c1-11-6-8-13(9-7-11)14-10-17-12(2)4-3-5-15(17)16-14/h6-10,12H,3-5H2,1-2H3. The first-order valence-electron chi connectivity index (χ1n) is 6.39. The Morgan fingerprint density at radius 2 is 2.00 bits per heavy atom. The average molecular weight is 226 g/mol.